The molecule has 17 heavy (non-hydrogen) atoms. The zero-order chi connectivity index (χ0) is 12.3. The number of nitrogens with two attached hydrogens (primary N) is 1. The highest BCUT2D eigenvalue weighted by Crippen LogP contribution is 1.95. The first-order valence-electron chi connectivity index (χ1n) is 4.76. The number of rotatable bonds is 1. The second-order valence-electron chi connectivity index (χ2n) is 3.21. The predicted octanol–water partition coefficient (Wildman–Crippen LogP) is -0.114. The van der Waals surface area contributed by atoms with Crippen LogP contribution in [0.3, 0.4) is 0 Å². The molecular weight excluding hydrogens is 220 g/mol. The third kappa shape index (κ3) is 2.46. The van der Waals surface area contributed by atoms with Crippen molar-refractivity contribution in [2.45, 2.75) is 0 Å². The number of nitrogens with one attached hydrogen (secondary N) is 1. The number of hydrogen-bond acceptors (Lipinski definition) is 5. The van der Waals surface area contributed by atoms with Crippen molar-refractivity contribution in [1.82, 2.24) is 4.73 Å². The van der Waals surface area contributed by atoms with Crippen LogP contribution in [0.2, 0.25) is 0 Å². The lowest BCUT2D eigenvalue weighted by molar-refractivity contribution is 0.171. The van der Waals surface area contributed by atoms with Gasteiger partial charge >= 0.3 is 0 Å². The number of dihydropyridines is 1. The number of hydrogen-bond donors (Lipinski definition) is 3. The van der Waals surface area contributed by atoms with E-state index in [1.54, 1.807) is 24.3 Å². The first kappa shape index (κ1) is 10.8. The maximum absolute atomic E-state index is 9.38. The van der Waals surface area contributed by atoms with Crippen molar-refractivity contribution in [1.29, 1.82) is 5.41 Å². The van der Waals surface area contributed by atoms with Gasteiger partial charge in [0.25, 0.3) is 0 Å². The predicted molar refractivity (Wildman–Crippen MR) is 63.1 cm³/mol. The van der Waals surface area contributed by atoms with Gasteiger partial charge in [0.2, 0.25) is 0 Å². The summed E-state index contributed by atoms with van der Waals surface area (Å²) in [5.74, 6) is 0.194. The van der Waals surface area contributed by atoms with E-state index in [-0.39, 0.29) is 22.9 Å². The second-order valence-corrected chi connectivity index (χ2v) is 3.21. The van der Waals surface area contributed by atoms with Crippen molar-refractivity contribution >= 4 is 17.4 Å². The maximum atomic E-state index is 9.38. The van der Waals surface area contributed by atoms with Gasteiger partial charge in [-0.15, -0.1) is 10.2 Å². The topological polar surface area (TPSA) is 112 Å². The summed E-state index contributed by atoms with van der Waals surface area (Å²) in [7, 11) is 0. The number of amidine groups is 2. The van der Waals surface area contributed by atoms with Gasteiger partial charge in [0, 0.05) is 6.20 Å². The van der Waals surface area contributed by atoms with E-state index in [2.05, 4.69) is 15.2 Å². The molecule has 0 aliphatic carbocycles. The van der Waals surface area contributed by atoms with Crippen LogP contribution in [-0.2, 0) is 0 Å². The van der Waals surface area contributed by atoms with Crippen LogP contribution in [0.4, 0.5) is 0 Å². The van der Waals surface area contributed by atoms with E-state index in [4.69, 9.17) is 11.1 Å². The fourth-order valence-electron chi connectivity index (χ4n) is 1.16. The van der Waals surface area contributed by atoms with Gasteiger partial charge in [-0.05, 0) is 24.3 Å². The minimum absolute atomic E-state index is 0.0610. The SMILES string of the molecule is N=C1N=C(N)C=CC1=NN=c1ccccn1O. The molecule has 1 aromatic rings. The smallest absolute Gasteiger partial charge is 0.189 e. The Kier molecular flexibility index (Phi) is 2.82. The zero-order valence-corrected chi connectivity index (χ0v) is 8.78. The fourth-order valence-corrected chi connectivity index (χ4v) is 1.16. The highest BCUT2D eigenvalue weighted by molar-refractivity contribution is 6.48. The zero-order valence-electron chi connectivity index (χ0n) is 8.78. The third-order valence-electron chi connectivity index (χ3n) is 1.97. The van der Waals surface area contributed by atoms with E-state index in [1.807, 2.05) is 0 Å². The largest absolute Gasteiger partial charge is 0.427 e. The van der Waals surface area contributed by atoms with Gasteiger partial charge < -0.3 is 10.9 Å². The van der Waals surface area contributed by atoms with Gasteiger partial charge in [-0.3, -0.25) is 5.41 Å². The molecule has 86 valence electrons. The summed E-state index contributed by atoms with van der Waals surface area (Å²) in [5.41, 5.74) is 5.95. The molecule has 0 atom stereocenters. The minimum atomic E-state index is -0.0610. The summed E-state index contributed by atoms with van der Waals surface area (Å²) in [6, 6.07) is 4.95. The molecule has 0 amide bonds. The van der Waals surface area contributed by atoms with Gasteiger partial charge in [-0.1, -0.05) is 6.07 Å². The van der Waals surface area contributed by atoms with Crippen LogP contribution in [0.25, 0.3) is 0 Å². The van der Waals surface area contributed by atoms with Crippen molar-refractivity contribution in [3.63, 3.8) is 0 Å². The molecule has 0 saturated carbocycles. The lowest BCUT2D eigenvalue weighted by Gasteiger charge is -2.02. The Balaban J connectivity index is 2.35. The van der Waals surface area contributed by atoms with Crippen molar-refractivity contribution in [2.24, 2.45) is 20.9 Å². The molecule has 1 aliphatic heterocycles. The summed E-state index contributed by atoms with van der Waals surface area (Å²) in [5, 5.41) is 24.5. The van der Waals surface area contributed by atoms with Gasteiger partial charge in [0.15, 0.2) is 11.3 Å². The molecule has 1 aromatic heterocycles. The Morgan fingerprint density at radius 1 is 1.29 bits per heavy atom. The highest BCUT2D eigenvalue weighted by atomic mass is 16.5. The van der Waals surface area contributed by atoms with Crippen molar-refractivity contribution < 1.29 is 5.21 Å². The first-order chi connectivity index (χ1) is 8.16. The summed E-state index contributed by atoms with van der Waals surface area (Å²) >= 11 is 0. The van der Waals surface area contributed by atoms with E-state index in [1.165, 1.54) is 12.3 Å². The third-order valence-corrected chi connectivity index (χ3v) is 1.97. The van der Waals surface area contributed by atoms with Crippen LogP contribution in [0, 0.1) is 5.41 Å². The van der Waals surface area contributed by atoms with Gasteiger partial charge in [-0.25, -0.2) is 4.99 Å². The van der Waals surface area contributed by atoms with Crippen LogP contribution in [0.1, 0.15) is 0 Å². The van der Waals surface area contributed by atoms with Crippen molar-refractivity contribution in [2.75, 3.05) is 0 Å². The highest BCUT2D eigenvalue weighted by Gasteiger charge is 2.07. The Hall–Kier alpha value is -2.70. The lowest BCUT2D eigenvalue weighted by atomic mass is 10.2. The molecule has 0 saturated heterocycles. The van der Waals surface area contributed by atoms with Gasteiger partial charge in [0.1, 0.15) is 11.5 Å². The standard InChI is InChI=1S/C10H10N6O/c11-8-5-4-7(10(12)13-8)14-15-9-3-1-2-6-16(9)17/h1-6,17H,(H3,11,12,13). The normalized spacial score (nSPS) is 18.6. The summed E-state index contributed by atoms with van der Waals surface area (Å²) in [6.07, 6.45) is 4.50. The summed E-state index contributed by atoms with van der Waals surface area (Å²) in [4.78, 5) is 3.73. The maximum Gasteiger partial charge on any atom is 0.189 e. The number of aromatic nitrogens is 1. The van der Waals surface area contributed by atoms with E-state index < -0.39 is 0 Å². The van der Waals surface area contributed by atoms with Crippen LogP contribution >= 0.6 is 0 Å². The van der Waals surface area contributed by atoms with Crippen LogP contribution in [-0.4, -0.2) is 27.3 Å². The Bertz CT molecular complexity index is 607. The van der Waals surface area contributed by atoms with Gasteiger partial charge in [-0.2, -0.15) is 4.73 Å². The first-order valence-corrected chi connectivity index (χ1v) is 4.76. The van der Waals surface area contributed by atoms with E-state index in [9.17, 15) is 5.21 Å². The van der Waals surface area contributed by atoms with Crippen LogP contribution in [0.5, 0.6) is 0 Å². The summed E-state index contributed by atoms with van der Waals surface area (Å²) in [6.45, 7) is 0. The Morgan fingerprint density at radius 2 is 2.12 bits per heavy atom. The molecule has 0 unspecified atom stereocenters. The molecular formula is C10H10N6O. The number of aliphatic imine (C=N–C) groups is 1. The number of nitrogens with zero attached hydrogens (tertiary/aromatic N) is 4. The van der Waals surface area contributed by atoms with Crippen molar-refractivity contribution in [3.8, 4) is 0 Å². The lowest BCUT2D eigenvalue weighted by Crippen LogP contribution is -2.21. The molecule has 7 nitrogen and oxygen atoms in total. The monoisotopic (exact) mass is 230 g/mol. The molecule has 4 N–H and O–H groups in total. The van der Waals surface area contributed by atoms with Crippen LogP contribution < -0.4 is 11.2 Å². The van der Waals surface area contributed by atoms with E-state index in [0.29, 0.717) is 0 Å². The molecule has 7 heteroatoms. The Labute approximate surface area is 96.4 Å². The van der Waals surface area contributed by atoms with E-state index >= 15 is 0 Å². The molecule has 0 fully saturated rings. The number of pyridine rings is 1. The minimum Gasteiger partial charge on any atom is -0.427 e. The molecule has 0 spiro atoms. The van der Waals surface area contributed by atoms with Gasteiger partial charge in [0.05, 0.1) is 0 Å². The average molecular weight is 230 g/mol. The fraction of sp³-hybridized carbons (Fsp3) is 0. The quantitative estimate of drug-likeness (QED) is 0.461. The molecule has 2 heterocycles. The molecule has 1 aliphatic rings. The molecule has 0 aromatic carbocycles. The summed E-state index contributed by atoms with van der Waals surface area (Å²) < 4.78 is 0.831. The average Bonchev–Trinajstić information content (AvgIpc) is 2.30. The van der Waals surface area contributed by atoms with Crippen LogP contribution in [0.15, 0.2) is 51.7 Å². The second kappa shape index (κ2) is 4.44. The van der Waals surface area contributed by atoms with E-state index in [0.717, 1.165) is 4.73 Å². The molecule has 2 rings (SSSR count). The molecule has 0 radical (unpaired) electrons. The van der Waals surface area contributed by atoms with Crippen molar-refractivity contribution in [3.05, 3.63) is 42.0 Å². The molecule has 0 bridgehead atoms. The Morgan fingerprint density at radius 3 is 2.82 bits per heavy atom.